The first-order valence-electron chi connectivity index (χ1n) is 8.12. The molecule has 1 spiro atoms. The molecule has 1 unspecified atom stereocenters. The Balaban J connectivity index is 1.76. The van der Waals surface area contributed by atoms with Crippen LogP contribution in [0.25, 0.3) is 0 Å². The molecule has 3 rings (SSSR count). The second-order valence-corrected chi connectivity index (χ2v) is 6.99. The molecule has 1 atom stereocenters. The quantitative estimate of drug-likeness (QED) is 0.929. The van der Waals surface area contributed by atoms with Gasteiger partial charge in [0.2, 0.25) is 0 Å². The van der Waals surface area contributed by atoms with Crippen LogP contribution in [-0.4, -0.2) is 40.8 Å². The van der Waals surface area contributed by atoms with Crippen LogP contribution in [0.1, 0.15) is 42.4 Å². The first-order chi connectivity index (χ1) is 10.5. The van der Waals surface area contributed by atoms with Gasteiger partial charge < -0.3 is 9.84 Å². The van der Waals surface area contributed by atoms with Crippen LogP contribution in [0.5, 0.6) is 0 Å². The van der Waals surface area contributed by atoms with Crippen LogP contribution in [0, 0.1) is 13.8 Å². The number of nitrogens with zero attached hydrogens (tertiary/aromatic N) is 1. The Labute approximate surface area is 132 Å². The molecule has 4 heteroatoms. The predicted octanol–water partition coefficient (Wildman–Crippen LogP) is 2.90. The third kappa shape index (κ3) is 3.18. The summed E-state index contributed by atoms with van der Waals surface area (Å²) >= 11 is 0. The lowest BCUT2D eigenvalue weighted by molar-refractivity contribution is -0.161. The first kappa shape index (κ1) is 15.5. The van der Waals surface area contributed by atoms with Crippen molar-refractivity contribution in [3.8, 4) is 0 Å². The predicted molar refractivity (Wildman–Crippen MR) is 84.9 cm³/mol. The molecule has 1 N–H and O–H groups in total. The van der Waals surface area contributed by atoms with Crippen LogP contribution in [0.4, 0.5) is 0 Å². The second kappa shape index (κ2) is 6.01. The average molecular weight is 303 g/mol. The van der Waals surface area contributed by atoms with Gasteiger partial charge in [0.1, 0.15) is 0 Å². The number of carboxylic acids is 1. The maximum Gasteiger partial charge on any atom is 0.306 e. The molecule has 2 fully saturated rings. The van der Waals surface area contributed by atoms with Gasteiger partial charge in [-0.05, 0) is 38.7 Å². The van der Waals surface area contributed by atoms with Crippen LogP contribution in [0.3, 0.4) is 0 Å². The number of hydrogen-bond donors (Lipinski definition) is 1. The zero-order valence-electron chi connectivity index (χ0n) is 13.5. The number of aryl methyl sites for hydroxylation is 2. The van der Waals surface area contributed by atoms with Crippen molar-refractivity contribution < 1.29 is 14.6 Å². The van der Waals surface area contributed by atoms with Crippen LogP contribution >= 0.6 is 0 Å². The van der Waals surface area contributed by atoms with Gasteiger partial charge in [-0.25, -0.2) is 0 Å². The molecule has 4 nitrogen and oxygen atoms in total. The van der Waals surface area contributed by atoms with Crippen LogP contribution in [-0.2, 0) is 16.1 Å². The lowest BCUT2D eigenvalue weighted by atomic mass is 9.74. The van der Waals surface area contributed by atoms with Gasteiger partial charge in [-0.15, -0.1) is 0 Å². The number of rotatable bonds is 4. The van der Waals surface area contributed by atoms with Gasteiger partial charge in [-0.3, -0.25) is 9.69 Å². The van der Waals surface area contributed by atoms with Crippen LogP contribution in [0.15, 0.2) is 18.2 Å². The number of carboxylic acid groups (broad SMARTS) is 1. The average Bonchev–Trinajstić information content (AvgIpc) is 2.35. The van der Waals surface area contributed by atoms with E-state index >= 15 is 0 Å². The molecule has 0 radical (unpaired) electrons. The third-order valence-corrected chi connectivity index (χ3v) is 5.02. The number of benzene rings is 1. The van der Waals surface area contributed by atoms with Gasteiger partial charge in [0.15, 0.2) is 0 Å². The normalized spacial score (nSPS) is 24.2. The summed E-state index contributed by atoms with van der Waals surface area (Å²) in [7, 11) is 0. The molecule has 1 saturated heterocycles. The lowest BCUT2D eigenvalue weighted by Gasteiger charge is -2.54. The number of carbonyl (C=O) groups is 1. The van der Waals surface area contributed by atoms with Crippen molar-refractivity contribution in [3.63, 3.8) is 0 Å². The fourth-order valence-corrected chi connectivity index (χ4v) is 3.83. The molecule has 1 heterocycles. The minimum Gasteiger partial charge on any atom is -0.481 e. The van der Waals surface area contributed by atoms with E-state index in [0.29, 0.717) is 6.61 Å². The molecule has 120 valence electrons. The Hall–Kier alpha value is -1.39. The van der Waals surface area contributed by atoms with E-state index in [2.05, 4.69) is 36.9 Å². The van der Waals surface area contributed by atoms with Gasteiger partial charge in [0, 0.05) is 18.6 Å². The molecule has 0 amide bonds. The summed E-state index contributed by atoms with van der Waals surface area (Å²) < 4.78 is 5.84. The molecular weight excluding hydrogens is 278 g/mol. The van der Waals surface area contributed by atoms with Crippen molar-refractivity contribution >= 4 is 5.97 Å². The van der Waals surface area contributed by atoms with E-state index in [-0.39, 0.29) is 18.1 Å². The van der Waals surface area contributed by atoms with E-state index in [1.54, 1.807) is 0 Å². The van der Waals surface area contributed by atoms with E-state index in [1.165, 1.54) is 23.1 Å². The number of morpholine rings is 1. The van der Waals surface area contributed by atoms with Gasteiger partial charge in [-0.2, -0.15) is 0 Å². The molecule has 1 aromatic rings. The summed E-state index contributed by atoms with van der Waals surface area (Å²) in [5, 5.41) is 9.02. The summed E-state index contributed by atoms with van der Waals surface area (Å²) in [4.78, 5) is 13.4. The molecular formula is C18H25NO3. The second-order valence-electron chi connectivity index (χ2n) is 6.99. The fourth-order valence-electron chi connectivity index (χ4n) is 3.83. The molecule has 2 aliphatic rings. The van der Waals surface area contributed by atoms with Gasteiger partial charge in [0.05, 0.1) is 19.1 Å². The molecule has 1 aromatic carbocycles. The molecule has 1 aliphatic carbocycles. The summed E-state index contributed by atoms with van der Waals surface area (Å²) in [6.45, 7) is 6.54. The monoisotopic (exact) mass is 303 g/mol. The fraction of sp³-hybridized carbons (Fsp3) is 0.611. The van der Waals surface area contributed by atoms with Crippen molar-refractivity contribution in [2.75, 3.05) is 13.2 Å². The largest absolute Gasteiger partial charge is 0.481 e. The minimum absolute atomic E-state index is 0.0967. The number of hydrogen-bond acceptors (Lipinski definition) is 3. The molecule has 0 bridgehead atoms. The summed E-state index contributed by atoms with van der Waals surface area (Å²) in [6.07, 6.45) is 3.49. The highest BCUT2D eigenvalue weighted by atomic mass is 16.5. The van der Waals surface area contributed by atoms with Gasteiger partial charge in [0.25, 0.3) is 0 Å². The van der Waals surface area contributed by atoms with E-state index < -0.39 is 5.97 Å². The summed E-state index contributed by atoms with van der Waals surface area (Å²) in [5.41, 5.74) is 4.04. The molecule has 1 aliphatic heterocycles. The van der Waals surface area contributed by atoms with E-state index in [1.807, 2.05) is 0 Å². The first-order valence-corrected chi connectivity index (χ1v) is 8.12. The minimum atomic E-state index is -0.777. The Morgan fingerprint density at radius 2 is 2.00 bits per heavy atom. The van der Waals surface area contributed by atoms with Crippen molar-refractivity contribution in [3.05, 3.63) is 34.9 Å². The Morgan fingerprint density at radius 1 is 1.32 bits per heavy atom. The van der Waals surface area contributed by atoms with E-state index in [9.17, 15) is 4.79 Å². The Bertz CT molecular complexity index is 545. The van der Waals surface area contributed by atoms with Gasteiger partial charge >= 0.3 is 5.97 Å². The van der Waals surface area contributed by atoms with Crippen LogP contribution in [0.2, 0.25) is 0 Å². The standard InChI is InChI=1S/C18H25NO3/c1-13-6-14(2)8-15(7-13)10-19-11-16(9-17(20)21)22-12-18(19)4-3-5-18/h6-8,16H,3-5,9-12H2,1-2H3,(H,20,21). The highest BCUT2D eigenvalue weighted by molar-refractivity contribution is 5.67. The van der Waals surface area contributed by atoms with Gasteiger partial charge in [-0.1, -0.05) is 29.3 Å². The van der Waals surface area contributed by atoms with Crippen LogP contribution < -0.4 is 0 Å². The Morgan fingerprint density at radius 3 is 2.55 bits per heavy atom. The SMILES string of the molecule is Cc1cc(C)cc(CN2CC(CC(=O)O)OCC23CCC3)c1. The molecule has 0 aromatic heterocycles. The van der Waals surface area contributed by atoms with E-state index in [4.69, 9.17) is 9.84 Å². The maximum atomic E-state index is 11.0. The zero-order chi connectivity index (χ0) is 15.7. The third-order valence-electron chi connectivity index (χ3n) is 5.02. The number of aliphatic carboxylic acids is 1. The van der Waals surface area contributed by atoms with E-state index in [0.717, 1.165) is 25.9 Å². The van der Waals surface area contributed by atoms with Crippen molar-refractivity contribution in [1.29, 1.82) is 0 Å². The zero-order valence-corrected chi connectivity index (χ0v) is 13.5. The number of ether oxygens (including phenoxy) is 1. The smallest absolute Gasteiger partial charge is 0.306 e. The summed E-state index contributed by atoms with van der Waals surface area (Å²) in [6, 6.07) is 6.66. The van der Waals surface area contributed by atoms with Crippen molar-refractivity contribution in [2.45, 2.75) is 57.7 Å². The highest BCUT2D eigenvalue weighted by Gasteiger charge is 2.46. The summed E-state index contributed by atoms with van der Waals surface area (Å²) in [5.74, 6) is -0.777. The van der Waals surface area contributed by atoms with Crippen molar-refractivity contribution in [2.24, 2.45) is 0 Å². The lowest BCUT2D eigenvalue weighted by Crippen LogP contribution is -2.62. The highest BCUT2D eigenvalue weighted by Crippen LogP contribution is 2.41. The Kier molecular flexibility index (Phi) is 4.24. The maximum absolute atomic E-state index is 11.0. The van der Waals surface area contributed by atoms with Crippen molar-refractivity contribution in [1.82, 2.24) is 4.90 Å². The topological polar surface area (TPSA) is 49.8 Å². The molecule has 22 heavy (non-hydrogen) atoms. The molecule has 1 saturated carbocycles.